The minimum atomic E-state index is -0.00428. The number of aliphatic hydroxyl groups is 1. The van der Waals surface area contributed by atoms with E-state index in [1.807, 2.05) is 11.6 Å². The van der Waals surface area contributed by atoms with Gasteiger partial charge in [-0.15, -0.1) is 0 Å². The molecule has 1 fully saturated rings. The van der Waals surface area contributed by atoms with Crippen molar-refractivity contribution >= 4 is 17.9 Å². The number of aliphatic hydroxyl groups excluding tert-OH is 1. The molecule has 1 saturated carbocycles. The molecule has 1 aromatic rings. The second-order valence-corrected chi connectivity index (χ2v) is 7.18. The number of fused-ring (bicyclic) bond motifs is 1. The summed E-state index contributed by atoms with van der Waals surface area (Å²) in [4.78, 5) is 12.3. The molecule has 2 heterocycles. The highest BCUT2D eigenvalue weighted by Gasteiger charge is 2.30. The maximum Gasteiger partial charge on any atom is 0.255 e. The van der Waals surface area contributed by atoms with E-state index in [9.17, 15) is 4.79 Å². The van der Waals surface area contributed by atoms with Gasteiger partial charge < -0.3 is 10.4 Å². The van der Waals surface area contributed by atoms with E-state index in [1.54, 1.807) is 0 Å². The van der Waals surface area contributed by atoms with Crippen LogP contribution in [-0.2, 0) is 19.5 Å². The van der Waals surface area contributed by atoms with Crippen molar-refractivity contribution in [3.8, 4) is 0 Å². The molecule has 6 nitrogen and oxygen atoms in total. The molecule has 0 aromatic carbocycles. The summed E-state index contributed by atoms with van der Waals surface area (Å²) in [5, 5.41) is 16.6. The van der Waals surface area contributed by atoms with Gasteiger partial charge in [-0.3, -0.25) is 14.2 Å². The molecule has 0 bridgehead atoms. The summed E-state index contributed by atoms with van der Waals surface area (Å²) in [7, 11) is 0. The number of aromatic nitrogens is 2. The molecule has 1 aromatic heterocycles. The number of nitrogens with zero attached hydrogens (tertiary/aromatic N) is 2. The molecule has 1 amide bonds. The van der Waals surface area contributed by atoms with Gasteiger partial charge in [-0.1, -0.05) is 24.8 Å². The van der Waals surface area contributed by atoms with E-state index >= 15 is 0 Å². The predicted molar refractivity (Wildman–Crippen MR) is 86.6 cm³/mol. The van der Waals surface area contributed by atoms with E-state index < -0.39 is 0 Å². The molecular weight excluding hydrogens is 300 g/mol. The zero-order valence-electron chi connectivity index (χ0n) is 13.0. The number of nitrogens with one attached hydrogen (secondary N) is 2. The summed E-state index contributed by atoms with van der Waals surface area (Å²) in [6.07, 6.45) is 4.61. The lowest BCUT2D eigenvalue weighted by Crippen LogP contribution is -2.39. The van der Waals surface area contributed by atoms with Crippen molar-refractivity contribution in [3.63, 3.8) is 0 Å². The van der Waals surface area contributed by atoms with Gasteiger partial charge in [-0.25, -0.2) is 0 Å². The summed E-state index contributed by atoms with van der Waals surface area (Å²) in [6.45, 7) is 3.65. The highest BCUT2D eigenvalue weighted by atomic mass is 32.2. The molecule has 3 rings (SSSR count). The Balaban J connectivity index is 1.77. The molecule has 3 N–H and O–H groups in total. The zero-order chi connectivity index (χ0) is 15.5. The third kappa shape index (κ3) is 3.64. The molecule has 0 radical (unpaired) electrons. The second-order valence-electron chi connectivity index (χ2n) is 6.20. The van der Waals surface area contributed by atoms with Gasteiger partial charge in [-0.05, 0) is 19.3 Å². The Labute approximate surface area is 135 Å². The first kappa shape index (κ1) is 15.8. The number of hydrogen-bond acceptors (Lipinski definition) is 5. The number of hydrogen-bond donors (Lipinski definition) is 3. The van der Waals surface area contributed by atoms with Crippen molar-refractivity contribution in [1.29, 1.82) is 0 Å². The Kier molecular flexibility index (Phi) is 5.05. The minimum absolute atomic E-state index is 0.00428. The average molecular weight is 324 g/mol. The molecule has 1 atom stereocenters. The van der Waals surface area contributed by atoms with Gasteiger partial charge >= 0.3 is 0 Å². The summed E-state index contributed by atoms with van der Waals surface area (Å²) < 4.78 is 5.25. The van der Waals surface area contributed by atoms with Gasteiger partial charge in [0.15, 0.2) is 0 Å². The zero-order valence-corrected chi connectivity index (χ0v) is 13.8. The van der Waals surface area contributed by atoms with Crippen LogP contribution in [0.1, 0.15) is 47.9 Å². The highest BCUT2D eigenvalue weighted by Crippen LogP contribution is 2.33. The molecule has 122 valence electrons. The van der Waals surface area contributed by atoms with Crippen molar-refractivity contribution in [2.75, 3.05) is 12.4 Å². The van der Waals surface area contributed by atoms with Crippen LogP contribution in [0, 0.1) is 5.92 Å². The SMILES string of the molecule is CC1Cc2nn(CCC3CC3)c(CNSCCO)c2C(=O)N1. The van der Waals surface area contributed by atoms with Gasteiger partial charge in [-0.2, -0.15) is 5.10 Å². The van der Waals surface area contributed by atoms with E-state index in [2.05, 4.69) is 10.0 Å². The van der Waals surface area contributed by atoms with Crippen molar-refractivity contribution in [2.45, 2.75) is 51.7 Å². The second kappa shape index (κ2) is 7.02. The Morgan fingerprint density at radius 1 is 1.50 bits per heavy atom. The number of aryl methyl sites for hydroxylation is 1. The molecule has 0 spiro atoms. The molecule has 1 aliphatic carbocycles. The Morgan fingerprint density at radius 2 is 2.32 bits per heavy atom. The average Bonchev–Trinajstić information content (AvgIpc) is 3.23. The standard InChI is InChI=1S/C15H24N4O2S/c1-10-8-12-14(15(21)17-10)13(9-16-22-7-6-20)19(18-12)5-4-11-2-3-11/h10-11,16,20H,2-9H2,1H3,(H,17,21). The van der Waals surface area contributed by atoms with Crippen LogP contribution in [0.2, 0.25) is 0 Å². The first-order valence-corrected chi connectivity index (χ1v) is 9.02. The molecule has 2 aliphatic rings. The predicted octanol–water partition coefficient (Wildman–Crippen LogP) is 1.09. The van der Waals surface area contributed by atoms with E-state index in [0.717, 1.165) is 42.3 Å². The lowest BCUT2D eigenvalue weighted by atomic mass is 10.0. The van der Waals surface area contributed by atoms with Crippen molar-refractivity contribution in [2.24, 2.45) is 5.92 Å². The topological polar surface area (TPSA) is 79.2 Å². The number of rotatable bonds is 8. The highest BCUT2D eigenvalue weighted by molar-refractivity contribution is 7.97. The fourth-order valence-corrected chi connectivity index (χ4v) is 3.38. The first-order valence-electron chi connectivity index (χ1n) is 8.04. The van der Waals surface area contributed by atoms with Gasteiger partial charge in [0.2, 0.25) is 0 Å². The largest absolute Gasteiger partial charge is 0.395 e. The third-order valence-corrected chi connectivity index (χ3v) is 4.95. The minimum Gasteiger partial charge on any atom is -0.395 e. The number of amides is 1. The molecule has 7 heteroatoms. The van der Waals surface area contributed by atoms with Crippen LogP contribution in [0.25, 0.3) is 0 Å². The Hall–Kier alpha value is -1.05. The summed E-state index contributed by atoms with van der Waals surface area (Å²) in [6, 6.07) is 0.149. The monoisotopic (exact) mass is 324 g/mol. The van der Waals surface area contributed by atoms with Gasteiger partial charge in [0.25, 0.3) is 5.91 Å². The maximum atomic E-state index is 12.3. The fraction of sp³-hybridized carbons (Fsp3) is 0.733. The van der Waals surface area contributed by atoms with Crippen molar-refractivity contribution in [3.05, 3.63) is 17.0 Å². The molecule has 22 heavy (non-hydrogen) atoms. The van der Waals surface area contributed by atoms with E-state index in [1.165, 1.54) is 24.8 Å². The van der Waals surface area contributed by atoms with Gasteiger partial charge in [0.05, 0.1) is 23.6 Å². The number of carbonyl (C=O) groups is 1. The Bertz CT molecular complexity index is 542. The van der Waals surface area contributed by atoms with Crippen LogP contribution >= 0.6 is 11.9 Å². The van der Waals surface area contributed by atoms with E-state index in [-0.39, 0.29) is 18.6 Å². The maximum absolute atomic E-state index is 12.3. The van der Waals surface area contributed by atoms with Crippen LogP contribution in [0.4, 0.5) is 0 Å². The van der Waals surface area contributed by atoms with Crippen LogP contribution in [-0.4, -0.2) is 39.2 Å². The normalized spacial score (nSPS) is 20.8. The van der Waals surface area contributed by atoms with E-state index in [4.69, 9.17) is 10.2 Å². The number of carbonyl (C=O) groups excluding carboxylic acids is 1. The van der Waals surface area contributed by atoms with Crippen molar-refractivity contribution in [1.82, 2.24) is 19.8 Å². The summed E-state index contributed by atoms with van der Waals surface area (Å²) in [5.74, 6) is 1.48. The van der Waals surface area contributed by atoms with Crippen molar-refractivity contribution < 1.29 is 9.90 Å². The lowest BCUT2D eigenvalue weighted by Gasteiger charge is -2.19. The first-order chi connectivity index (χ1) is 10.7. The molecule has 0 saturated heterocycles. The van der Waals surface area contributed by atoms with Crippen LogP contribution in [0.3, 0.4) is 0 Å². The van der Waals surface area contributed by atoms with Crippen LogP contribution in [0.15, 0.2) is 0 Å². The van der Waals surface area contributed by atoms with Gasteiger partial charge in [0, 0.05) is 31.3 Å². The molecule has 1 unspecified atom stereocenters. The molecule has 1 aliphatic heterocycles. The quantitative estimate of drug-likeness (QED) is 0.493. The van der Waals surface area contributed by atoms with E-state index in [0.29, 0.717) is 12.3 Å². The smallest absolute Gasteiger partial charge is 0.255 e. The lowest BCUT2D eigenvalue weighted by molar-refractivity contribution is 0.0928. The summed E-state index contributed by atoms with van der Waals surface area (Å²) >= 11 is 1.48. The third-order valence-electron chi connectivity index (χ3n) is 4.22. The van der Waals surface area contributed by atoms with Gasteiger partial charge in [0.1, 0.15) is 0 Å². The summed E-state index contributed by atoms with van der Waals surface area (Å²) in [5.41, 5.74) is 2.66. The van der Waals surface area contributed by atoms with Crippen LogP contribution in [0.5, 0.6) is 0 Å². The van der Waals surface area contributed by atoms with Crippen LogP contribution < -0.4 is 10.0 Å². The molecular formula is C15H24N4O2S. The fourth-order valence-electron chi connectivity index (χ4n) is 2.91. The Morgan fingerprint density at radius 3 is 3.05 bits per heavy atom.